The zero-order chi connectivity index (χ0) is 14.8. The fourth-order valence-corrected chi connectivity index (χ4v) is 2.91. The van der Waals surface area contributed by atoms with Crippen molar-refractivity contribution in [3.63, 3.8) is 0 Å². The Bertz CT molecular complexity index is 414. The van der Waals surface area contributed by atoms with Gasteiger partial charge in [0.2, 0.25) is 0 Å². The van der Waals surface area contributed by atoms with Crippen molar-refractivity contribution in [2.24, 2.45) is 10.8 Å². The first-order valence-corrected chi connectivity index (χ1v) is 7.39. The lowest BCUT2D eigenvalue weighted by Gasteiger charge is -2.13. The van der Waals surface area contributed by atoms with Crippen molar-refractivity contribution in [1.82, 2.24) is 5.32 Å². The summed E-state index contributed by atoms with van der Waals surface area (Å²) in [5.41, 5.74) is 1.74. The molecule has 0 aliphatic heterocycles. The molecule has 1 aromatic rings. The first kappa shape index (κ1) is 15.5. The Labute approximate surface area is 122 Å². The molecular weight excluding hydrogens is 250 g/mol. The van der Waals surface area contributed by atoms with Crippen LogP contribution in [-0.2, 0) is 11.3 Å². The summed E-state index contributed by atoms with van der Waals surface area (Å²) in [5, 5.41) is 13.4. The molecule has 1 atom stereocenters. The predicted octanol–water partition coefficient (Wildman–Crippen LogP) is 2.59. The number of aliphatic hydroxyl groups excluding tert-OH is 1. The molecule has 20 heavy (non-hydrogen) atoms. The molecular formula is C17H27NO2. The molecule has 1 aromatic carbocycles. The SMILES string of the molecule is CC1(C)C(NCC(O)COCc2ccccc2)C1(C)C. The quantitative estimate of drug-likeness (QED) is 0.805. The van der Waals surface area contributed by atoms with Gasteiger partial charge >= 0.3 is 0 Å². The van der Waals surface area contributed by atoms with Gasteiger partial charge in [-0.25, -0.2) is 0 Å². The van der Waals surface area contributed by atoms with E-state index >= 15 is 0 Å². The highest BCUT2D eigenvalue weighted by atomic mass is 16.5. The molecule has 0 saturated heterocycles. The van der Waals surface area contributed by atoms with Crippen molar-refractivity contribution in [1.29, 1.82) is 0 Å². The van der Waals surface area contributed by atoms with E-state index in [2.05, 4.69) is 33.0 Å². The lowest BCUT2D eigenvalue weighted by atomic mass is 10.0. The van der Waals surface area contributed by atoms with Crippen molar-refractivity contribution in [3.8, 4) is 0 Å². The van der Waals surface area contributed by atoms with E-state index in [0.29, 0.717) is 36.6 Å². The second-order valence-corrected chi connectivity index (χ2v) is 6.94. The molecule has 3 heteroatoms. The topological polar surface area (TPSA) is 41.5 Å². The standard InChI is InChI=1S/C17H27NO2/c1-16(2)15(17(16,3)4)18-10-14(19)12-20-11-13-8-6-5-7-9-13/h5-9,14-15,18-19H,10-12H2,1-4H3. The Morgan fingerprint density at radius 3 is 2.30 bits per heavy atom. The van der Waals surface area contributed by atoms with E-state index in [4.69, 9.17) is 4.74 Å². The molecule has 3 nitrogen and oxygen atoms in total. The van der Waals surface area contributed by atoms with Gasteiger partial charge in [0.25, 0.3) is 0 Å². The molecule has 1 fully saturated rings. The number of nitrogens with one attached hydrogen (secondary N) is 1. The average molecular weight is 277 g/mol. The Kier molecular flexibility index (Phi) is 4.52. The molecule has 0 bridgehead atoms. The number of aliphatic hydroxyl groups is 1. The van der Waals surface area contributed by atoms with Crippen molar-refractivity contribution in [2.45, 2.75) is 46.4 Å². The summed E-state index contributed by atoms with van der Waals surface area (Å²) in [5.74, 6) is 0. The van der Waals surface area contributed by atoms with E-state index < -0.39 is 6.10 Å². The van der Waals surface area contributed by atoms with E-state index in [1.807, 2.05) is 30.3 Å². The lowest BCUT2D eigenvalue weighted by Crippen LogP contribution is -2.34. The fourth-order valence-electron chi connectivity index (χ4n) is 2.91. The van der Waals surface area contributed by atoms with Gasteiger partial charge in [-0.05, 0) is 16.4 Å². The number of hydrogen-bond donors (Lipinski definition) is 2. The Balaban J connectivity index is 1.63. The Morgan fingerprint density at radius 2 is 1.75 bits per heavy atom. The third kappa shape index (κ3) is 3.22. The maximum atomic E-state index is 9.96. The van der Waals surface area contributed by atoms with Crippen LogP contribution in [0.2, 0.25) is 0 Å². The van der Waals surface area contributed by atoms with Gasteiger partial charge in [0.05, 0.1) is 19.3 Å². The van der Waals surface area contributed by atoms with Crippen molar-refractivity contribution < 1.29 is 9.84 Å². The highest BCUT2D eigenvalue weighted by molar-refractivity contribution is 5.17. The van der Waals surface area contributed by atoms with Crippen LogP contribution in [0, 0.1) is 10.8 Å². The number of ether oxygens (including phenoxy) is 1. The van der Waals surface area contributed by atoms with Crippen LogP contribution in [0.4, 0.5) is 0 Å². The minimum Gasteiger partial charge on any atom is -0.389 e. The van der Waals surface area contributed by atoms with Crippen LogP contribution in [0.15, 0.2) is 30.3 Å². The van der Waals surface area contributed by atoms with Crippen LogP contribution in [0.5, 0.6) is 0 Å². The molecule has 1 aliphatic rings. The zero-order valence-electron chi connectivity index (χ0n) is 13.0. The highest BCUT2D eigenvalue weighted by Crippen LogP contribution is 2.62. The molecule has 1 saturated carbocycles. The molecule has 2 N–H and O–H groups in total. The van der Waals surface area contributed by atoms with Gasteiger partial charge in [0.15, 0.2) is 0 Å². The van der Waals surface area contributed by atoms with E-state index in [1.165, 1.54) is 0 Å². The molecule has 0 aromatic heterocycles. The van der Waals surface area contributed by atoms with E-state index in [0.717, 1.165) is 5.56 Å². The van der Waals surface area contributed by atoms with Gasteiger partial charge in [0.1, 0.15) is 0 Å². The van der Waals surface area contributed by atoms with Crippen LogP contribution in [0.25, 0.3) is 0 Å². The summed E-state index contributed by atoms with van der Waals surface area (Å²) in [6, 6.07) is 10.5. The number of rotatable bonds is 7. The first-order chi connectivity index (χ1) is 9.35. The van der Waals surface area contributed by atoms with Gasteiger partial charge in [-0.15, -0.1) is 0 Å². The second-order valence-electron chi connectivity index (χ2n) is 6.94. The van der Waals surface area contributed by atoms with Crippen molar-refractivity contribution in [3.05, 3.63) is 35.9 Å². The third-order valence-electron chi connectivity index (χ3n) is 5.00. The average Bonchev–Trinajstić information content (AvgIpc) is 2.78. The summed E-state index contributed by atoms with van der Waals surface area (Å²) in [4.78, 5) is 0. The predicted molar refractivity (Wildman–Crippen MR) is 81.5 cm³/mol. The minimum atomic E-state index is -0.453. The first-order valence-electron chi connectivity index (χ1n) is 7.39. The van der Waals surface area contributed by atoms with Gasteiger partial charge in [0, 0.05) is 12.6 Å². The Morgan fingerprint density at radius 1 is 1.15 bits per heavy atom. The molecule has 0 radical (unpaired) electrons. The molecule has 0 heterocycles. The van der Waals surface area contributed by atoms with E-state index in [9.17, 15) is 5.11 Å². The van der Waals surface area contributed by atoms with Crippen molar-refractivity contribution >= 4 is 0 Å². The van der Waals surface area contributed by atoms with Gasteiger partial charge in [-0.3, -0.25) is 0 Å². The van der Waals surface area contributed by atoms with Crippen LogP contribution in [0.3, 0.4) is 0 Å². The van der Waals surface area contributed by atoms with Crippen LogP contribution >= 0.6 is 0 Å². The fraction of sp³-hybridized carbons (Fsp3) is 0.647. The van der Waals surface area contributed by atoms with E-state index in [-0.39, 0.29) is 0 Å². The largest absolute Gasteiger partial charge is 0.389 e. The van der Waals surface area contributed by atoms with Gasteiger partial charge in [-0.2, -0.15) is 0 Å². The van der Waals surface area contributed by atoms with Crippen LogP contribution < -0.4 is 5.32 Å². The summed E-state index contributed by atoms with van der Waals surface area (Å²) >= 11 is 0. The van der Waals surface area contributed by atoms with Gasteiger partial charge < -0.3 is 15.2 Å². The maximum absolute atomic E-state index is 9.96. The monoisotopic (exact) mass is 277 g/mol. The van der Waals surface area contributed by atoms with Crippen LogP contribution in [0.1, 0.15) is 33.3 Å². The molecule has 0 spiro atoms. The summed E-state index contributed by atoms with van der Waals surface area (Å²) in [6.45, 7) is 10.6. The molecule has 2 rings (SSSR count). The second kappa shape index (κ2) is 5.84. The smallest absolute Gasteiger partial charge is 0.0897 e. The normalized spacial score (nSPS) is 21.6. The number of hydrogen-bond acceptors (Lipinski definition) is 3. The summed E-state index contributed by atoms with van der Waals surface area (Å²) in [7, 11) is 0. The Hall–Kier alpha value is -0.900. The maximum Gasteiger partial charge on any atom is 0.0897 e. The third-order valence-corrected chi connectivity index (χ3v) is 5.00. The summed E-state index contributed by atoms with van der Waals surface area (Å²) < 4.78 is 5.55. The molecule has 0 amide bonds. The molecule has 112 valence electrons. The highest BCUT2D eigenvalue weighted by Gasteiger charge is 2.64. The van der Waals surface area contributed by atoms with Crippen LogP contribution in [-0.4, -0.2) is 30.4 Å². The van der Waals surface area contributed by atoms with E-state index in [1.54, 1.807) is 0 Å². The minimum absolute atomic E-state index is 0.303. The van der Waals surface area contributed by atoms with Gasteiger partial charge in [-0.1, -0.05) is 58.0 Å². The molecule has 1 unspecified atom stereocenters. The number of benzene rings is 1. The zero-order valence-corrected chi connectivity index (χ0v) is 13.0. The summed E-state index contributed by atoms with van der Waals surface area (Å²) in [6.07, 6.45) is -0.453. The lowest BCUT2D eigenvalue weighted by molar-refractivity contribution is 0.0282. The molecule has 1 aliphatic carbocycles. The van der Waals surface area contributed by atoms with Crippen molar-refractivity contribution in [2.75, 3.05) is 13.2 Å².